The Morgan fingerprint density at radius 1 is 0.538 bits per heavy atom. The Labute approximate surface area is 166 Å². The third-order valence-electron chi connectivity index (χ3n) is 4.91. The first-order valence-electron chi connectivity index (χ1n) is 11.0. The van der Waals surface area contributed by atoms with Gasteiger partial charge in [0.1, 0.15) is 0 Å². The highest BCUT2D eigenvalue weighted by atomic mass is 28.1. The van der Waals surface area contributed by atoms with Crippen LogP contribution >= 0.6 is 0 Å². The van der Waals surface area contributed by atoms with Crippen LogP contribution in [0.1, 0.15) is 82.6 Å². The van der Waals surface area contributed by atoms with Crippen molar-refractivity contribution in [3.05, 3.63) is 35.9 Å². The monoisotopic (exact) mass is 373 g/mol. The van der Waals surface area contributed by atoms with Gasteiger partial charge in [-0.3, -0.25) is 0 Å². The Balaban J connectivity index is 1.68. The zero-order chi connectivity index (χ0) is 18.5. The lowest BCUT2D eigenvalue weighted by atomic mass is 10.1. The highest BCUT2D eigenvalue weighted by molar-refractivity contribution is 6.08. The van der Waals surface area contributed by atoms with E-state index in [1.807, 2.05) is 0 Å². The molecule has 1 rings (SSSR count). The molecule has 0 saturated carbocycles. The molecule has 0 atom stereocenters. The van der Waals surface area contributed by atoms with Gasteiger partial charge in [-0.25, -0.2) is 0 Å². The first kappa shape index (κ1) is 23.4. The summed E-state index contributed by atoms with van der Waals surface area (Å²) in [5.74, 6) is 0. The van der Waals surface area contributed by atoms with Crippen LogP contribution in [-0.4, -0.2) is 29.9 Å². The fraction of sp³-hybridized carbons (Fsp3) is 0.739. The van der Waals surface area contributed by atoms with E-state index in [2.05, 4.69) is 51.2 Å². The summed E-state index contributed by atoms with van der Waals surface area (Å²) in [6.45, 7) is 4.52. The van der Waals surface area contributed by atoms with Crippen LogP contribution in [0.5, 0.6) is 0 Å². The molecule has 147 valence electrons. The summed E-state index contributed by atoms with van der Waals surface area (Å²) in [5, 5.41) is 7.05. The van der Waals surface area contributed by atoms with Crippen LogP contribution in [0.3, 0.4) is 0 Å². The van der Waals surface area contributed by atoms with Crippen molar-refractivity contribution in [1.82, 2.24) is 10.6 Å². The second-order valence-corrected chi connectivity index (χ2v) is 7.91. The molecule has 0 aliphatic rings. The van der Waals surface area contributed by atoms with Gasteiger partial charge in [-0.2, -0.15) is 0 Å². The summed E-state index contributed by atoms with van der Waals surface area (Å²) < 4.78 is 0. The van der Waals surface area contributed by atoms with E-state index in [-0.39, 0.29) is 0 Å². The molecule has 3 heteroatoms. The first-order valence-corrected chi connectivity index (χ1v) is 11.7. The van der Waals surface area contributed by atoms with Gasteiger partial charge >= 0.3 is 0 Å². The Morgan fingerprint density at radius 2 is 1.00 bits per heavy atom. The van der Waals surface area contributed by atoms with E-state index < -0.39 is 0 Å². The molecule has 3 radical (unpaired) electrons. The van der Waals surface area contributed by atoms with Crippen molar-refractivity contribution in [2.24, 2.45) is 0 Å². The zero-order valence-electron chi connectivity index (χ0n) is 16.9. The van der Waals surface area contributed by atoms with E-state index in [9.17, 15) is 0 Å². The quantitative estimate of drug-likeness (QED) is 0.242. The fourth-order valence-electron chi connectivity index (χ4n) is 3.26. The zero-order valence-corrected chi connectivity index (χ0v) is 17.9. The lowest BCUT2D eigenvalue weighted by Crippen LogP contribution is -2.16. The smallest absolute Gasteiger partial charge is 0.0222 e. The van der Waals surface area contributed by atoms with Crippen molar-refractivity contribution in [3.63, 3.8) is 0 Å². The maximum absolute atomic E-state index is 3.54. The summed E-state index contributed by atoms with van der Waals surface area (Å²) in [4.78, 5) is 0. The van der Waals surface area contributed by atoms with Gasteiger partial charge in [-0.15, -0.1) is 0 Å². The minimum absolute atomic E-state index is 1.01. The molecule has 0 aromatic heterocycles. The van der Waals surface area contributed by atoms with Crippen LogP contribution < -0.4 is 10.6 Å². The minimum Gasteiger partial charge on any atom is -0.317 e. The maximum atomic E-state index is 3.54. The third kappa shape index (κ3) is 15.6. The van der Waals surface area contributed by atoms with Gasteiger partial charge in [0, 0.05) is 16.8 Å². The van der Waals surface area contributed by atoms with Gasteiger partial charge in [-0.1, -0.05) is 94.2 Å². The molecule has 0 heterocycles. The van der Waals surface area contributed by atoms with Crippen LogP contribution in [-0.2, 0) is 6.54 Å². The summed E-state index contributed by atoms with van der Waals surface area (Å²) in [6.07, 6.45) is 16.7. The van der Waals surface area contributed by atoms with Crippen LogP contribution in [0.15, 0.2) is 30.3 Å². The van der Waals surface area contributed by atoms with E-state index in [4.69, 9.17) is 0 Å². The Bertz CT molecular complexity index is 383. The summed E-state index contributed by atoms with van der Waals surface area (Å²) in [6, 6.07) is 11.8. The molecule has 0 fully saturated rings. The van der Waals surface area contributed by atoms with Crippen molar-refractivity contribution < 1.29 is 0 Å². The van der Waals surface area contributed by atoms with Gasteiger partial charge in [0.25, 0.3) is 0 Å². The number of nitrogens with one attached hydrogen (secondary N) is 2. The molecule has 0 bridgehead atoms. The van der Waals surface area contributed by atoms with Gasteiger partial charge in [0.2, 0.25) is 0 Å². The number of unbranched alkanes of at least 4 members (excludes halogenated alkanes) is 10. The number of hydrogen-bond donors (Lipinski definition) is 2. The van der Waals surface area contributed by atoms with E-state index in [0.717, 1.165) is 25.7 Å². The maximum Gasteiger partial charge on any atom is 0.0222 e. The summed E-state index contributed by atoms with van der Waals surface area (Å²) >= 11 is 0. The number of rotatable bonds is 19. The lowest BCUT2D eigenvalue weighted by Gasteiger charge is -2.05. The largest absolute Gasteiger partial charge is 0.317 e. The lowest BCUT2D eigenvalue weighted by molar-refractivity contribution is 0.530. The molecular weight excluding hydrogens is 332 g/mol. The molecule has 0 spiro atoms. The van der Waals surface area contributed by atoms with E-state index in [1.165, 1.54) is 89.2 Å². The molecule has 0 unspecified atom stereocenters. The Morgan fingerprint density at radius 3 is 1.54 bits per heavy atom. The van der Waals surface area contributed by atoms with Crippen LogP contribution in [0, 0.1) is 0 Å². The predicted octanol–water partition coefficient (Wildman–Crippen LogP) is 5.63. The molecule has 0 amide bonds. The first-order chi connectivity index (χ1) is 12.9. The molecule has 1 aromatic carbocycles. The fourth-order valence-corrected chi connectivity index (χ4v) is 3.43. The van der Waals surface area contributed by atoms with Gasteiger partial charge in [-0.05, 0) is 44.5 Å². The van der Waals surface area contributed by atoms with E-state index in [1.54, 1.807) is 0 Å². The average Bonchev–Trinajstić information content (AvgIpc) is 2.68. The summed E-state index contributed by atoms with van der Waals surface area (Å²) in [7, 11) is 3.51. The van der Waals surface area contributed by atoms with E-state index >= 15 is 0 Å². The van der Waals surface area contributed by atoms with Crippen LogP contribution in [0.4, 0.5) is 0 Å². The third-order valence-corrected chi connectivity index (χ3v) is 5.26. The Hall–Kier alpha value is -0.643. The predicted molar refractivity (Wildman–Crippen MR) is 117 cm³/mol. The van der Waals surface area contributed by atoms with Gasteiger partial charge < -0.3 is 10.6 Å². The molecule has 2 N–H and O–H groups in total. The summed E-state index contributed by atoms with van der Waals surface area (Å²) in [5.41, 5.74) is 1.39. The van der Waals surface area contributed by atoms with Crippen molar-refractivity contribution >= 4 is 10.2 Å². The van der Waals surface area contributed by atoms with Crippen molar-refractivity contribution in [1.29, 1.82) is 0 Å². The highest BCUT2D eigenvalue weighted by Gasteiger charge is 1.95. The number of benzene rings is 1. The highest BCUT2D eigenvalue weighted by Crippen LogP contribution is 2.11. The number of hydrogen-bond acceptors (Lipinski definition) is 2. The SMILES string of the molecule is [Si]CCCNCCCCCCCCCCCCCNCc1ccccc1. The van der Waals surface area contributed by atoms with Crippen molar-refractivity contribution in [2.45, 2.75) is 89.6 Å². The van der Waals surface area contributed by atoms with Crippen LogP contribution in [0.25, 0.3) is 0 Å². The molecule has 1 aromatic rings. The van der Waals surface area contributed by atoms with Gasteiger partial charge in [0.05, 0.1) is 0 Å². The molecule has 26 heavy (non-hydrogen) atoms. The molecular formula is C23H41N2Si. The van der Waals surface area contributed by atoms with E-state index in [0.29, 0.717) is 0 Å². The standard InChI is InChI=1S/C23H41N2Si/c26-21-15-20-24-18-13-8-6-4-2-1-3-5-7-9-14-19-25-22-23-16-11-10-12-17-23/h10-12,16-17,24-25H,1-9,13-15,18-22H2. The molecule has 2 nitrogen and oxygen atoms in total. The second-order valence-electron chi connectivity index (χ2n) is 7.41. The minimum atomic E-state index is 1.01. The second kappa shape index (κ2) is 19.1. The average molecular weight is 374 g/mol. The Kier molecular flexibility index (Phi) is 17.2. The van der Waals surface area contributed by atoms with Gasteiger partial charge in [0.15, 0.2) is 0 Å². The molecule has 0 aliphatic heterocycles. The van der Waals surface area contributed by atoms with Crippen molar-refractivity contribution in [3.8, 4) is 0 Å². The molecule has 0 aliphatic carbocycles. The van der Waals surface area contributed by atoms with Crippen molar-refractivity contribution in [2.75, 3.05) is 19.6 Å². The normalized spacial score (nSPS) is 11.1. The topological polar surface area (TPSA) is 24.1 Å². The molecule has 0 saturated heterocycles. The van der Waals surface area contributed by atoms with Crippen LogP contribution in [0.2, 0.25) is 6.04 Å².